The molecule has 0 spiro atoms. The smallest absolute Gasteiger partial charge is 0.349 e. The molecule has 0 unspecified atom stereocenters. The molecule has 2 heterocycles. The molecule has 0 atom stereocenters. The molecule has 0 saturated carbocycles. The van der Waals surface area contributed by atoms with Crippen molar-refractivity contribution in [3.05, 3.63) is 32.6 Å². The quantitative estimate of drug-likeness (QED) is 0.616. The van der Waals surface area contributed by atoms with Crippen LogP contribution in [0.3, 0.4) is 0 Å². The average Bonchev–Trinajstić information content (AvgIpc) is 3.14. The highest BCUT2D eigenvalue weighted by molar-refractivity contribution is 7.99. The maximum atomic E-state index is 10.9. The highest BCUT2D eigenvalue weighted by Crippen LogP contribution is 2.25. The predicted molar refractivity (Wildman–Crippen MR) is 90.9 cm³/mol. The molecule has 6 nitrogen and oxygen atoms in total. The lowest BCUT2D eigenvalue weighted by atomic mass is 10.4. The van der Waals surface area contributed by atoms with E-state index in [1.807, 2.05) is 0 Å². The van der Waals surface area contributed by atoms with Crippen molar-refractivity contribution in [2.45, 2.75) is 0 Å². The Balaban J connectivity index is 1.61. The summed E-state index contributed by atoms with van der Waals surface area (Å²) in [5.74, 6) is 0.191. The van der Waals surface area contributed by atoms with Crippen LogP contribution in [0, 0.1) is 0 Å². The number of ether oxygens (including phenoxy) is 2. The molecule has 0 aliphatic carbocycles. The van der Waals surface area contributed by atoms with Gasteiger partial charge in [0, 0.05) is 11.5 Å². The molecule has 2 rings (SSSR count). The zero-order valence-electron chi connectivity index (χ0n) is 11.9. The molecule has 0 aromatic carbocycles. The van der Waals surface area contributed by atoms with E-state index in [9.17, 15) is 9.59 Å². The summed E-state index contributed by atoms with van der Waals surface area (Å²) >= 11 is 3.85. The maximum Gasteiger partial charge on any atom is 0.349 e. The average molecular weight is 374 g/mol. The largest absolute Gasteiger partial charge is 0.491 e. The first-order valence-corrected chi connectivity index (χ1v) is 9.46. The van der Waals surface area contributed by atoms with E-state index < -0.39 is 11.9 Å². The summed E-state index contributed by atoms with van der Waals surface area (Å²) in [5.41, 5.74) is 0. The fourth-order valence-corrected chi connectivity index (χ4v) is 3.61. The summed E-state index contributed by atoms with van der Waals surface area (Å²) in [6, 6.07) is 3.29. The summed E-state index contributed by atoms with van der Waals surface area (Å²) in [6.45, 7) is 0.807. The van der Waals surface area contributed by atoms with Crippen molar-refractivity contribution in [2.24, 2.45) is 0 Å². The molecule has 0 radical (unpaired) electrons. The number of carboxylic acid groups (broad SMARTS) is 2. The Morgan fingerprint density at radius 2 is 1.35 bits per heavy atom. The summed E-state index contributed by atoms with van der Waals surface area (Å²) in [5, 5.41) is 21.3. The second kappa shape index (κ2) is 8.80. The standard InChI is InChI=1S/C14H14O6S3/c15-13(16)11-9(1-5-22-11)19-3-7-21-8-4-20-10-2-6-23-12(10)14(17)18/h1-2,5-6H,3-4,7-8H2,(H,15,16)(H,17,18). The zero-order chi connectivity index (χ0) is 16.7. The predicted octanol–water partition coefficient (Wildman–Crippen LogP) is 3.40. The Morgan fingerprint density at radius 1 is 0.913 bits per heavy atom. The highest BCUT2D eigenvalue weighted by Gasteiger charge is 2.13. The molecule has 0 amide bonds. The summed E-state index contributed by atoms with van der Waals surface area (Å²) < 4.78 is 10.9. The molecule has 2 aromatic heterocycles. The first-order chi connectivity index (χ1) is 11.1. The van der Waals surface area contributed by atoms with Gasteiger partial charge in [0.15, 0.2) is 9.75 Å². The van der Waals surface area contributed by atoms with Gasteiger partial charge in [0.1, 0.15) is 11.5 Å². The SMILES string of the molecule is O=C(O)c1sccc1OCCSCCOc1ccsc1C(=O)O. The second-order valence-electron chi connectivity index (χ2n) is 4.15. The van der Waals surface area contributed by atoms with Gasteiger partial charge in [0.25, 0.3) is 0 Å². The lowest BCUT2D eigenvalue weighted by Crippen LogP contribution is -2.07. The zero-order valence-corrected chi connectivity index (χ0v) is 14.3. The van der Waals surface area contributed by atoms with Crippen LogP contribution in [0.2, 0.25) is 0 Å². The van der Waals surface area contributed by atoms with Crippen LogP contribution in [0.4, 0.5) is 0 Å². The van der Waals surface area contributed by atoms with Crippen LogP contribution in [0.1, 0.15) is 19.3 Å². The number of carbonyl (C=O) groups is 2. The number of rotatable bonds is 10. The Morgan fingerprint density at radius 3 is 1.74 bits per heavy atom. The molecule has 0 bridgehead atoms. The molecule has 0 aliphatic heterocycles. The normalized spacial score (nSPS) is 10.4. The van der Waals surface area contributed by atoms with Gasteiger partial charge in [0.2, 0.25) is 0 Å². The second-order valence-corrected chi connectivity index (χ2v) is 7.20. The number of thioether (sulfide) groups is 1. The topological polar surface area (TPSA) is 93.1 Å². The van der Waals surface area contributed by atoms with E-state index in [0.29, 0.717) is 36.2 Å². The lowest BCUT2D eigenvalue weighted by Gasteiger charge is -2.07. The van der Waals surface area contributed by atoms with Crippen LogP contribution < -0.4 is 9.47 Å². The molecular weight excluding hydrogens is 360 g/mol. The molecule has 2 N–H and O–H groups in total. The fraction of sp³-hybridized carbons (Fsp3) is 0.286. The highest BCUT2D eigenvalue weighted by atomic mass is 32.2. The van der Waals surface area contributed by atoms with Crippen LogP contribution in [0.25, 0.3) is 0 Å². The van der Waals surface area contributed by atoms with Crippen molar-refractivity contribution in [1.29, 1.82) is 0 Å². The number of hydrogen-bond acceptors (Lipinski definition) is 7. The van der Waals surface area contributed by atoms with Crippen molar-refractivity contribution in [3.8, 4) is 11.5 Å². The van der Waals surface area contributed by atoms with Gasteiger partial charge in [-0.25, -0.2) is 9.59 Å². The van der Waals surface area contributed by atoms with Crippen LogP contribution in [0.15, 0.2) is 22.9 Å². The van der Waals surface area contributed by atoms with E-state index in [4.69, 9.17) is 19.7 Å². The maximum absolute atomic E-state index is 10.9. The molecule has 2 aromatic rings. The number of thiophene rings is 2. The van der Waals surface area contributed by atoms with Gasteiger partial charge in [-0.2, -0.15) is 11.8 Å². The van der Waals surface area contributed by atoms with E-state index in [0.717, 1.165) is 22.7 Å². The molecule has 0 aliphatic rings. The van der Waals surface area contributed by atoms with Gasteiger partial charge < -0.3 is 19.7 Å². The Bertz CT molecular complexity index is 607. The van der Waals surface area contributed by atoms with Gasteiger partial charge in [-0.05, 0) is 22.9 Å². The Labute approximate surface area is 144 Å². The van der Waals surface area contributed by atoms with Gasteiger partial charge in [0.05, 0.1) is 13.2 Å². The van der Waals surface area contributed by atoms with Crippen molar-refractivity contribution in [2.75, 3.05) is 24.7 Å². The third kappa shape index (κ3) is 5.15. The van der Waals surface area contributed by atoms with Crippen LogP contribution >= 0.6 is 34.4 Å². The first kappa shape index (κ1) is 17.6. The Kier molecular flexibility index (Phi) is 6.75. The minimum atomic E-state index is -0.985. The van der Waals surface area contributed by atoms with E-state index in [2.05, 4.69) is 0 Å². The lowest BCUT2D eigenvalue weighted by molar-refractivity contribution is 0.0687. The number of hydrogen-bond donors (Lipinski definition) is 2. The summed E-state index contributed by atoms with van der Waals surface area (Å²) in [7, 11) is 0. The van der Waals surface area contributed by atoms with E-state index in [1.54, 1.807) is 34.7 Å². The molecule has 0 saturated heterocycles. The van der Waals surface area contributed by atoms with Crippen molar-refractivity contribution in [1.82, 2.24) is 0 Å². The number of aromatic carboxylic acids is 2. The summed E-state index contributed by atoms with van der Waals surface area (Å²) in [6.07, 6.45) is 0. The van der Waals surface area contributed by atoms with Crippen molar-refractivity contribution < 1.29 is 29.3 Å². The number of carboxylic acids is 2. The van der Waals surface area contributed by atoms with Crippen LogP contribution in [0.5, 0.6) is 11.5 Å². The summed E-state index contributed by atoms with van der Waals surface area (Å²) in [4.78, 5) is 22.2. The molecule has 23 heavy (non-hydrogen) atoms. The van der Waals surface area contributed by atoms with Gasteiger partial charge >= 0.3 is 11.9 Å². The molecular formula is C14H14O6S3. The van der Waals surface area contributed by atoms with Crippen molar-refractivity contribution >= 4 is 46.4 Å². The molecule has 9 heteroatoms. The Hall–Kier alpha value is -1.71. The third-order valence-electron chi connectivity index (χ3n) is 2.62. The van der Waals surface area contributed by atoms with Gasteiger partial charge in [-0.3, -0.25) is 0 Å². The fourth-order valence-electron chi connectivity index (χ4n) is 1.66. The van der Waals surface area contributed by atoms with E-state index in [-0.39, 0.29) is 9.75 Å². The minimum absolute atomic E-state index is 0.206. The first-order valence-electron chi connectivity index (χ1n) is 6.54. The van der Waals surface area contributed by atoms with Gasteiger partial charge in [-0.15, -0.1) is 22.7 Å². The monoisotopic (exact) mass is 374 g/mol. The molecule has 124 valence electrons. The van der Waals surface area contributed by atoms with Gasteiger partial charge in [-0.1, -0.05) is 0 Å². The third-order valence-corrected chi connectivity index (χ3v) is 5.30. The van der Waals surface area contributed by atoms with Crippen molar-refractivity contribution in [3.63, 3.8) is 0 Å². The van der Waals surface area contributed by atoms with E-state index in [1.165, 1.54) is 0 Å². The van der Waals surface area contributed by atoms with E-state index >= 15 is 0 Å². The van der Waals surface area contributed by atoms with Crippen LogP contribution in [-0.4, -0.2) is 46.9 Å². The minimum Gasteiger partial charge on any atom is -0.491 e. The molecule has 0 fully saturated rings. The van der Waals surface area contributed by atoms with Crippen LogP contribution in [-0.2, 0) is 0 Å².